The third-order valence-electron chi connectivity index (χ3n) is 6.46. The van der Waals surface area contributed by atoms with Gasteiger partial charge < -0.3 is 4.57 Å². The van der Waals surface area contributed by atoms with Gasteiger partial charge in [-0.05, 0) is 35.0 Å². The predicted molar refractivity (Wildman–Crippen MR) is 145 cm³/mol. The van der Waals surface area contributed by atoms with Crippen LogP contribution in [-0.2, 0) is 0 Å². The van der Waals surface area contributed by atoms with Gasteiger partial charge in [-0.2, -0.15) is 0 Å². The molecule has 7 aromatic rings. The molecule has 0 fully saturated rings. The lowest BCUT2D eigenvalue weighted by Gasteiger charge is -2.13. The molecule has 0 saturated heterocycles. The monoisotopic (exact) mass is 452 g/mol. The Morgan fingerprint density at radius 2 is 1.24 bits per heavy atom. The molecule has 7 rings (SSSR count). The largest absolute Gasteiger partial charge is 0.308 e. The minimum Gasteiger partial charge on any atom is -0.308 e. The third-order valence-corrected chi connectivity index (χ3v) is 7.40. The average Bonchev–Trinajstić information content (AvgIpc) is 3.52. The zero-order chi connectivity index (χ0) is 22.5. The van der Waals surface area contributed by atoms with Crippen molar-refractivity contribution in [2.24, 2.45) is 0 Å². The Bertz CT molecular complexity index is 1740. The van der Waals surface area contributed by atoms with E-state index in [2.05, 4.69) is 113 Å². The highest BCUT2D eigenvalue weighted by Gasteiger charge is 2.17. The fraction of sp³-hybridized carbons (Fsp3) is 0. The van der Waals surface area contributed by atoms with Gasteiger partial charge in [0.25, 0.3) is 0 Å². The van der Waals surface area contributed by atoms with E-state index in [1.165, 1.54) is 31.9 Å². The second-order valence-corrected chi connectivity index (χ2v) is 9.40. The van der Waals surface area contributed by atoms with Crippen LogP contribution in [0, 0.1) is 0 Å². The molecule has 0 spiro atoms. The van der Waals surface area contributed by atoms with Gasteiger partial charge in [0.15, 0.2) is 0 Å². The molecule has 3 heterocycles. The van der Waals surface area contributed by atoms with Crippen molar-refractivity contribution in [2.45, 2.75) is 0 Å². The van der Waals surface area contributed by atoms with Crippen molar-refractivity contribution in [1.82, 2.24) is 9.55 Å². The third kappa shape index (κ3) is 2.98. The molecule has 0 amide bonds. The minimum absolute atomic E-state index is 0.973. The number of pyridine rings is 1. The molecule has 4 aromatic carbocycles. The Balaban J connectivity index is 1.62. The van der Waals surface area contributed by atoms with Gasteiger partial charge >= 0.3 is 0 Å². The van der Waals surface area contributed by atoms with Crippen LogP contribution < -0.4 is 0 Å². The maximum Gasteiger partial charge on any atom is 0.0730 e. The summed E-state index contributed by atoms with van der Waals surface area (Å²) in [6.07, 6.45) is 0. The second kappa shape index (κ2) is 7.68. The van der Waals surface area contributed by atoms with Crippen molar-refractivity contribution >= 4 is 43.2 Å². The normalized spacial score (nSPS) is 11.5. The lowest BCUT2D eigenvalue weighted by molar-refractivity contribution is 1.16. The van der Waals surface area contributed by atoms with Crippen molar-refractivity contribution in [3.8, 4) is 28.2 Å². The number of benzene rings is 4. The van der Waals surface area contributed by atoms with Gasteiger partial charge in [-0.15, -0.1) is 11.3 Å². The predicted octanol–water partition coefficient (Wildman–Crippen LogP) is 8.73. The summed E-state index contributed by atoms with van der Waals surface area (Å²) in [5, 5.41) is 6.02. The summed E-state index contributed by atoms with van der Waals surface area (Å²) in [6.45, 7) is 0. The van der Waals surface area contributed by atoms with Crippen LogP contribution in [0.5, 0.6) is 0 Å². The van der Waals surface area contributed by atoms with Gasteiger partial charge in [0, 0.05) is 21.9 Å². The summed E-state index contributed by atoms with van der Waals surface area (Å²) in [5.74, 6) is 0. The molecule has 160 valence electrons. The fourth-order valence-corrected chi connectivity index (χ4v) is 5.84. The van der Waals surface area contributed by atoms with E-state index in [-0.39, 0.29) is 0 Å². The smallest absolute Gasteiger partial charge is 0.0730 e. The fourth-order valence-electron chi connectivity index (χ4n) is 4.90. The quantitative estimate of drug-likeness (QED) is 0.262. The van der Waals surface area contributed by atoms with Crippen LogP contribution in [0.25, 0.3) is 60.1 Å². The van der Waals surface area contributed by atoms with E-state index in [4.69, 9.17) is 4.98 Å². The first-order valence-corrected chi connectivity index (χ1v) is 12.3. The Morgan fingerprint density at radius 3 is 1.94 bits per heavy atom. The number of para-hydroxylation sites is 1. The van der Waals surface area contributed by atoms with Crippen molar-refractivity contribution in [1.29, 1.82) is 0 Å². The molecule has 0 saturated carbocycles. The highest BCUT2D eigenvalue weighted by Crippen LogP contribution is 2.39. The van der Waals surface area contributed by atoms with E-state index >= 15 is 0 Å². The zero-order valence-corrected chi connectivity index (χ0v) is 19.2. The lowest BCUT2D eigenvalue weighted by Crippen LogP contribution is -1.98. The number of hydrogen-bond acceptors (Lipinski definition) is 2. The van der Waals surface area contributed by atoms with Gasteiger partial charge in [0.2, 0.25) is 0 Å². The topological polar surface area (TPSA) is 17.8 Å². The van der Waals surface area contributed by atoms with Gasteiger partial charge in [-0.25, -0.2) is 4.98 Å². The minimum atomic E-state index is 0.973. The van der Waals surface area contributed by atoms with E-state index in [9.17, 15) is 0 Å². The summed E-state index contributed by atoms with van der Waals surface area (Å²) >= 11 is 1.81. The number of fused-ring (bicyclic) bond motifs is 5. The molecule has 34 heavy (non-hydrogen) atoms. The highest BCUT2D eigenvalue weighted by molar-refractivity contribution is 7.18. The van der Waals surface area contributed by atoms with Gasteiger partial charge in [-0.3, -0.25) is 0 Å². The molecule has 0 radical (unpaired) electrons. The molecule has 0 N–H and O–H groups in total. The van der Waals surface area contributed by atoms with E-state index < -0.39 is 0 Å². The summed E-state index contributed by atoms with van der Waals surface area (Å²) in [6, 6.07) is 40.8. The average molecular weight is 453 g/mol. The van der Waals surface area contributed by atoms with Crippen LogP contribution >= 0.6 is 11.3 Å². The first kappa shape index (κ1) is 19.3. The Hall–Kier alpha value is -4.21. The Labute approximate surface area is 201 Å². The number of aromatic nitrogens is 2. The maximum absolute atomic E-state index is 5.09. The SMILES string of the molecule is c1ccc(-c2cc(-n3c4ccccc4c4ccc5ccsc5c43)cc(-c3ccccc3)n2)cc1. The number of hydrogen-bond donors (Lipinski definition) is 0. The van der Waals surface area contributed by atoms with Crippen LogP contribution in [0.15, 0.2) is 121 Å². The number of nitrogens with zero attached hydrogens (tertiary/aromatic N) is 2. The van der Waals surface area contributed by atoms with Crippen LogP contribution in [0.1, 0.15) is 0 Å². The summed E-state index contributed by atoms with van der Waals surface area (Å²) < 4.78 is 3.73. The Morgan fingerprint density at radius 1 is 0.588 bits per heavy atom. The molecule has 0 bridgehead atoms. The van der Waals surface area contributed by atoms with Gasteiger partial charge in [0.05, 0.1) is 32.8 Å². The van der Waals surface area contributed by atoms with Crippen LogP contribution in [0.4, 0.5) is 0 Å². The van der Waals surface area contributed by atoms with Crippen molar-refractivity contribution in [2.75, 3.05) is 0 Å². The standard InChI is InChI=1S/C31H20N2S/c1-3-9-21(10-4-1)27-19-24(20-28(32-27)22-11-5-2-6-12-22)33-29-14-8-7-13-25(29)26-16-15-23-17-18-34-31(23)30(26)33/h1-20H. The zero-order valence-electron chi connectivity index (χ0n) is 18.3. The number of rotatable bonds is 3. The molecule has 0 aliphatic heterocycles. The summed E-state index contributed by atoms with van der Waals surface area (Å²) in [5.41, 5.74) is 7.77. The van der Waals surface area contributed by atoms with E-state index in [1.54, 1.807) is 11.3 Å². The van der Waals surface area contributed by atoms with Gasteiger partial charge in [0.1, 0.15) is 0 Å². The van der Waals surface area contributed by atoms with E-state index in [0.29, 0.717) is 0 Å². The molecule has 0 aliphatic carbocycles. The summed E-state index contributed by atoms with van der Waals surface area (Å²) in [7, 11) is 0. The first-order valence-electron chi connectivity index (χ1n) is 11.4. The highest BCUT2D eigenvalue weighted by atomic mass is 32.1. The molecular formula is C31H20N2S. The van der Waals surface area contributed by atoms with Crippen LogP contribution in [0.2, 0.25) is 0 Å². The molecule has 2 nitrogen and oxygen atoms in total. The second-order valence-electron chi connectivity index (χ2n) is 8.48. The number of thiophene rings is 1. The summed E-state index contributed by atoms with van der Waals surface area (Å²) in [4.78, 5) is 5.09. The lowest BCUT2D eigenvalue weighted by atomic mass is 10.1. The molecular weight excluding hydrogens is 432 g/mol. The first-order chi connectivity index (χ1) is 16.9. The van der Waals surface area contributed by atoms with Crippen molar-refractivity contribution in [3.05, 3.63) is 121 Å². The molecule has 3 heteroatoms. The molecule has 3 aromatic heterocycles. The van der Waals surface area contributed by atoms with E-state index in [1.807, 2.05) is 12.1 Å². The van der Waals surface area contributed by atoms with Crippen molar-refractivity contribution in [3.63, 3.8) is 0 Å². The van der Waals surface area contributed by atoms with Crippen LogP contribution in [-0.4, -0.2) is 9.55 Å². The van der Waals surface area contributed by atoms with Crippen molar-refractivity contribution < 1.29 is 0 Å². The molecule has 0 atom stereocenters. The van der Waals surface area contributed by atoms with Crippen LogP contribution in [0.3, 0.4) is 0 Å². The molecule has 0 unspecified atom stereocenters. The van der Waals surface area contributed by atoms with Gasteiger partial charge in [-0.1, -0.05) is 91.0 Å². The maximum atomic E-state index is 5.09. The molecule has 0 aliphatic rings. The van der Waals surface area contributed by atoms with E-state index in [0.717, 1.165) is 28.2 Å². The Kier molecular flexibility index (Phi) is 4.36.